The van der Waals surface area contributed by atoms with E-state index in [1.165, 1.54) is 11.3 Å². The van der Waals surface area contributed by atoms with Crippen LogP contribution in [0.1, 0.15) is 30.7 Å². The Balaban J connectivity index is 1.70. The molecule has 2 aromatic rings. The van der Waals surface area contributed by atoms with Crippen LogP contribution in [0.25, 0.3) is 11.3 Å². The number of nitrogens with one attached hydrogen (secondary N) is 1. The normalized spacial score (nSPS) is 15.7. The maximum atomic E-state index is 12.5. The molecular formula is C20H26N2O6S2. The quantitative estimate of drug-likeness (QED) is 0.597. The Morgan fingerprint density at radius 3 is 2.63 bits per heavy atom. The summed E-state index contributed by atoms with van der Waals surface area (Å²) in [7, 11) is -0.605. The standard InChI is InChI=1S/C20H26N2O6S2/c1-27-14-5-6-17(28-2)15(9-14)16-10-29-19(21-16)12-30(25,26)11-18(24)22-20(13-23)7-3-4-8-20/h5-6,9-10,23H,3-4,7-8,11-13H2,1-2H3,(H,22,24). The lowest BCUT2D eigenvalue weighted by atomic mass is 9.99. The average molecular weight is 455 g/mol. The van der Waals surface area contributed by atoms with Crippen LogP contribution in [-0.2, 0) is 20.4 Å². The highest BCUT2D eigenvalue weighted by Crippen LogP contribution is 2.34. The second-order valence-corrected chi connectivity index (χ2v) is 10.4. The number of hydrogen-bond donors (Lipinski definition) is 2. The van der Waals surface area contributed by atoms with Crippen molar-refractivity contribution in [1.82, 2.24) is 10.3 Å². The van der Waals surface area contributed by atoms with Gasteiger partial charge in [0.05, 0.1) is 32.1 Å². The first-order valence-corrected chi connectivity index (χ1v) is 12.3. The second kappa shape index (κ2) is 9.32. The van der Waals surface area contributed by atoms with Crippen LogP contribution in [0.15, 0.2) is 23.6 Å². The highest BCUT2D eigenvalue weighted by Gasteiger charge is 2.35. The number of rotatable bonds is 9. The molecule has 30 heavy (non-hydrogen) atoms. The Bertz CT molecular complexity index is 996. The number of aliphatic hydroxyl groups excluding tert-OH is 1. The first kappa shape index (κ1) is 22.5. The van der Waals surface area contributed by atoms with Crippen LogP contribution in [0.2, 0.25) is 0 Å². The number of thiazole rings is 1. The van der Waals surface area contributed by atoms with E-state index < -0.39 is 27.0 Å². The number of methoxy groups -OCH3 is 2. The molecule has 0 bridgehead atoms. The third-order valence-electron chi connectivity index (χ3n) is 5.20. The molecule has 3 rings (SSSR count). The molecule has 8 nitrogen and oxygen atoms in total. The lowest BCUT2D eigenvalue weighted by Crippen LogP contribution is -2.50. The number of hydrogen-bond acceptors (Lipinski definition) is 8. The summed E-state index contributed by atoms with van der Waals surface area (Å²) in [5.41, 5.74) is 0.584. The summed E-state index contributed by atoms with van der Waals surface area (Å²) in [6, 6.07) is 5.30. The zero-order valence-corrected chi connectivity index (χ0v) is 18.6. The Kier molecular flexibility index (Phi) is 6.99. The van der Waals surface area contributed by atoms with Gasteiger partial charge in [0.25, 0.3) is 0 Å². The predicted molar refractivity (Wildman–Crippen MR) is 115 cm³/mol. The average Bonchev–Trinajstić information content (AvgIpc) is 3.36. The first-order valence-electron chi connectivity index (χ1n) is 9.59. The molecule has 2 N–H and O–H groups in total. The molecule has 1 aliphatic rings. The van der Waals surface area contributed by atoms with Gasteiger partial charge in [0.2, 0.25) is 5.91 Å². The van der Waals surface area contributed by atoms with Crippen molar-refractivity contribution in [3.05, 3.63) is 28.6 Å². The molecule has 164 valence electrons. The fourth-order valence-electron chi connectivity index (χ4n) is 3.66. The van der Waals surface area contributed by atoms with Gasteiger partial charge in [0.15, 0.2) is 9.84 Å². The van der Waals surface area contributed by atoms with Gasteiger partial charge in [-0.1, -0.05) is 12.8 Å². The van der Waals surface area contributed by atoms with Gasteiger partial charge in [-0.2, -0.15) is 0 Å². The lowest BCUT2D eigenvalue weighted by molar-refractivity contribution is -0.121. The Labute approximate surface area is 180 Å². The smallest absolute Gasteiger partial charge is 0.235 e. The predicted octanol–water partition coefficient (Wildman–Crippen LogP) is 2.16. The zero-order chi connectivity index (χ0) is 21.8. The molecule has 1 fully saturated rings. The minimum atomic E-state index is -3.71. The third-order valence-corrected chi connectivity index (χ3v) is 7.64. The summed E-state index contributed by atoms with van der Waals surface area (Å²) in [6.07, 6.45) is 3.13. The molecule has 0 atom stereocenters. The minimum Gasteiger partial charge on any atom is -0.497 e. The zero-order valence-electron chi connectivity index (χ0n) is 17.0. The maximum Gasteiger partial charge on any atom is 0.235 e. The van der Waals surface area contributed by atoms with Crippen molar-refractivity contribution in [2.24, 2.45) is 0 Å². The number of amides is 1. The van der Waals surface area contributed by atoms with E-state index in [1.807, 2.05) is 0 Å². The molecule has 1 aromatic carbocycles. The molecule has 0 spiro atoms. The summed E-state index contributed by atoms with van der Waals surface area (Å²) in [4.78, 5) is 16.7. The number of aromatic nitrogens is 1. The molecule has 1 heterocycles. The number of aliphatic hydroxyl groups is 1. The van der Waals surface area contributed by atoms with E-state index >= 15 is 0 Å². The number of nitrogens with zero attached hydrogens (tertiary/aromatic N) is 1. The minimum absolute atomic E-state index is 0.184. The van der Waals surface area contributed by atoms with Gasteiger partial charge in [-0.3, -0.25) is 4.79 Å². The Morgan fingerprint density at radius 2 is 2.00 bits per heavy atom. The lowest BCUT2D eigenvalue weighted by Gasteiger charge is -2.27. The highest BCUT2D eigenvalue weighted by atomic mass is 32.2. The van der Waals surface area contributed by atoms with E-state index in [2.05, 4.69) is 10.3 Å². The summed E-state index contributed by atoms with van der Waals surface area (Å²) < 4.78 is 35.7. The molecule has 1 amide bonds. The molecule has 1 saturated carbocycles. The number of ether oxygens (including phenoxy) is 2. The van der Waals surface area contributed by atoms with E-state index in [-0.39, 0.29) is 12.4 Å². The van der Waals surface area contributed by atoms with E-state index in [0.717, 1.165) is 12.8 Å². The van der Waals surface area contributed by atoms with Crippen molar-refractivity contribution < 1.29 is 27.8 Å². The Hall–Kier alpha value is -2.17. The number of carbonyl (C=O) groups is 1. The maximum absolute atomic E-state index is 12.5. The molecular weight excluding hydrogens is 428 g/mol. The number of benzene rings is 1. The molecule has 0 radical (unpaired) electrons. The summed E-state index contributed by atoms with van der Waals surface area (Å²) in [6.45, 7) is -0.184. The van der Waals surface area contributed by atoms with Crippen molar-refractivity contribution in [2.45, 2.75) is 37.0 Å². The Morgan fingerprint density at radius 1 is 1.27 bits per heavy atom. The van der Waals surface area contributed by atoms with Crippen LogP contribution < -0.4 is 14.8 Å². The highest BCUT2D eigenvalue weighted by molar-refractivity contribution is 7.91. The molecule has 10 heteroatoms. The third kappa shape index (κ3) is 5.30. The fraction of sp³-hybridized carbons (Fsp3) is 0.500. The largest absolute Gasteiger partial charge is 0.497 e. The second-order valence-electron chi connectivity index (χ2n) is 7.42. The first-order chi connectivity index (χ1) is 14.3. The van der Waals surface area contributed by atoms with Crippen LogP contribution >= 0.6 is 11.3 Å². The molecule has 1 aromatic heterocycles. The van der Waals surface area contributed by atoms with Gasteiger partial charge >= 0.3 is 0 Å². The van der Waals surface area contributed by atoms with Crippen LogP contribution in [0.4, 0.5) is 0 Å². The van der Waals surface area contributed by atoms with Gasteiger partial charge in [0, 0.05) is 10.9 Å². The summed E-state index contributed by atoms with van der Waals surface area (Å²) >= 11 is 1.21. The van der Waals surface area contributed by atoms with Crippen molar-refractivity contribution in [3.8, 4) is 22.8 Å². The van der Waals surface area contributed by atoms with Gasteiger partial charge < -0.3 is 19.9 Å². The van der Waals surface area contributed by atoms with Crippen molar-refractivity contribution in [1.29, 1.82) is 0 Å². The van der Waals surface area contributed by atoms with Gasteiger partial charge in [-0.25, -0.2) is 13.4 Å². The van der Waals surface area contributed by atoms with Crippen molar-refractivity contribution in [3.63, 3.8) is 0 Å². The summed E-state index contributed by atoms with van der Waals surface area (Å²) in [5.74, 6) is -0.317. The van der Waals surface area contributed by atoms with Crippen LogP contribution in [-0.4, -0.2) is 56.5 Å². The fourth-order valence-corrected chi connectivity index (χ4v) is 6.06. The van der Waals surface area contributed by atoms with E-state index in [9.17, 15) is 18.3 Å². The molecule has 0 aliphatic heterocycles. The van der Waals surface area contributed by atoms with Crippen LogP contribution in [0.3, 0.4) is 0 Å². The van der Waals surface area contributed by atoms with E-state index in [1.54, 1.807) is 37.8 Å². The monoisotopic (exact) mass is 454 g/mol. The number of sulfone groups is 1. The molecule has 0 saturated heterocycles. The summed E-state index contributed by atoms with van der Waals surface area (Å²) in [5, 5.41) is 14.5. The SMILES string of the molecule is COc1ccc(OC)c(-c2csc(CS(=O)(=O)CC(=O)NC3(CO)CCCC3)n2)c1. The van der Waals surface area contributed by atoms with Crippen molar-refractivity contribution >= 4 is 27.1 Å². The molecule has 1 aliphatic carbocycles. The van der Waals surface area contributed by atoms with Gasteiger partial charge in [-0.05, 0) is 31.0 Å². The number of carbonyl (C=O) groups excluding carboxylic acids is 1. The topological polar surface area (TPSA) is 115 Å². The van der Waals surface area contributed by atoms with Gasteiger partial charge in [-0.15, -0.1) is 11.3 Å². The van der Waals surface area contributed by atoms with E-state index in [0.29, 0.717) is 40.6 Å². The van der Waals surface area contributed by atoms with Crippen LogP contribution in [0.5, 0.6) is 11.5 Å². The van der Waals surface area contributed by atoms with Gasteiger partial charge in [0.1, 0.15) is 28.0 Å². The molecule has 0 unspecified atom stereocenters. The van der Waals surface area contributed by atoms with Crippen LogP contribution in [0, 0.1) is 0 Å². The van der Waals surface area contributed by atoms with E-state index in [4.69, 9.17) is 9.47 Å². The van der Waals surface area contributed by atoms with Crippen molar-refractivity contribution in [2.75, 3.05) is 26.6 Å².